The number of fused-ring (bicyclic) bond motifs is 1. The molecule has 0 bridgehead atoms. The molecule has 0 saturated carbocycles. The predicted molar refractivity (Wildman–Crippen MR) is 183 cm³/mol. The molecule has 1 aliphatic heterocycles. The molecule has 2 N–H and O–H groups in total. The van der Waals surface area contributed by atoms with Gasteiger partial charge < -0.3 is 24.6 Å². The number of hydrogen-bond donors (Lipinski definition) is 2. The van der Waals surface area contributed by atoms with Gasteiger partial charge in [0.15, 0.2) is 11.5 Å². The summed E-state index contributed by atoms with van der Waals surface area (Å²) in [7, 11) is 0. The van der Waals surface area contributed by atoms with Crippen molar-refractivity contribution in [2.75, 3.05) is 31.3 Å². The second-order valence-electron chi connectivity index (χ2n) is 11.4. The van der Waals surface area contributed by atoms with Crippen molar-refractivity contribution in [1.82, 2.24) is 9.78 Å². The average Bonchev–Trinajstić information content (AvgIpc) is 3.42. The van der Waals surface area contributed by atoms with Gasteiger partial charge in [0, 0.05) is 68.5 Å². The molecule has 1 atom stereocenters. The number of Topliss-reactive ketones (excluding diaryl/α,β-unsaturated/α-hetero) is 1. The number of hydrogen-bond acceptors (Lipinski definition) is 7. The Kier molecular flexibility index (Phi) is 11.8. The molecule has 5 rings (SSSR count). The monoisotopic (exact) mass is 699 g/mol. The molecule has 0 saturated heterocycles. The van der Waals surface area contributed by atoms with Gasteiger partial charge in [0.1, 0.15) is 5.75 Å². The Morgan fingerprint density at radius 1 is 1.06 bits per heavy atom. The van der Waals surface area contributed by atoms with Crippen molar-refractivity contribution < 1.29 is 29.3 Å². The summed E-state index contributed by atoms with van der Waals surface area (Å²) in [5.74, 6) is 1.10. The fourth-order valence-electron chi connectivity index (χ4n) is 5.38. The number of ether oxygens (including phenoxy) is 2. The van der Waals surface area contributed by atoms with Gasteiger partial charge in [-0.15, -0.1) is 0 Å². The molecule has 0 fully saturated rings. The Morgan fingerprint density at radius 2 is 1.83 bits per heavy atom. The Hall–Kier alpha value is -3.60. The lowest BCUT2D eigenvalue weighted by Crippen LogP contribution is -2.31. The number of ketones is 1. The number of aliphatic hydroxyl groups is 2. The zero-order chi connectivity index (χ0) is 33.5. The summed E-state index contributed by atoms with van der Waals surface area (Å²) in [6.45, 7) is 3.16. The largest absolute Gasteiger partial charge is 0.493 e. The van der Waals surface area contributed by atoms with E-state index in [1.165, 1.54) is 0 Å². The minimum Gasteiger partial charge on any atom is -0.493 e. The molecule has 1 aromatic heterocycles. The van der Waals surface area contributed by atoms with Crippen molar-refractivity contribution in [3.05, 3.63) is 92.7 Å². The van der Waals surface area contributed by atoms with Gasteiger partial charge in [-0.2, -0.15) is 5.10 Å². The van der Waals surface area contributed by atoms with Crippen molar-refractivity contribution in [2.45, 2.75) is 51.7 Å². The van der Waals surface area contributed by atoms with Crippen molar-refractivity contribution in [3.63, 3.8) is 0 Å². The number of halogens is 3. The smallest absolute Gasteiger partial charge is 0.227 e. The molecule has 1 aliphatic rings. The first kappa shape index (κ1) is 34.7. The maximum absolute atomic E-state index is 13.4. The molecule has 4 aromatic rings. The number of anilines is 1. The number of rotatable bonds is 13. The first-order chi connectivity index (χ1) is 22.7. The fourth-order valence-corrected chi connectivity index (χ4v) is 6.15. The van der Waals surface area contributed by atoms with Crippen molar-refractivity contribution in [1.29, 1.82) is 0 Å². The molecule has 2 heterocycles. The van der Waals surface area contributed by atoms with E-state index in [1.54, 1.807) is 27.9 Å². The van der Waals surface area contributed by atoms with Gasteiger partial charge in [-0.25, -0.2) is 0 Å². The van der Waals surface area contributed by atoms with Crippen LogP contribution in [0.15, 0.2) is 60.9 Å². The van der Waals surface area contributed by atoms with Crippen LogP contribution in [0.4, 0.5) is 5.69 Å². The number of benzene rings is 3. The maximum Gasteiger partial charge on any atom is 0.227 e. The zero-order valence-electron chi connectivity index (χ0n) is 25.9. The summed E-state index contributed by atoms with van der Waals surface area (Å²) in [4.78, 5) is 27.8. The van der Waals surface area contributed by atoms with Crippen LogP contribution in [0, 0.1) is 6.92 Å². The molecule has 1 unspecified atom stereocenters. The molecule has 248 valence electrons. The molecular formula is C35H36Cl3N3O6. The summed E-state index contributed by atoms with van der Waals surface area (Å²) >= 11 is 19.3. The third-order valence-corrected chi connectivity index (χ3v) is 9.10. The molecule has 47 heavy (non-hydrogen) atoms. The van der Waals surface area contributed by atoms with E-state index in [0.717, 1.165) is 16.7 Å². The van der Waals surface area contributed by atoms with Crippen LogP contribution < -0.4 is 14.4 Å². The first-order valence-corrected chi connectivity index (χ1v) is 16.6. The number of aromatic nitrogens is 2. The molecule has 0 aliphatic carbocycles. The fraction of sp³-hybridized carbons (Fsp3) is 0.343. The highest BCUT2D eigenvalue weighted by molar-refractivity contribution is 6.36. The summed E-state index contributed by atoms with van der Waals surface area (Å²) < 4.78 is 13.8. The van der Waals surface area contributed by atoms with Crippen LogP contribution in [0.2, 0.25) is 15.1 Å². The number of carbonyl (C=O) groups excluding carboxylic acids is 2. The standard InChI is InChI=1S/C35H36Cl3N3O6/c1-22-28(36)7-3-9-33(22)46-14-4-10-34(45)41-13-5-15-47-35-26(6-2-8-31(35)41)24-18-39-40(19-24)20-27-29(37)16-23(17-30(27)38)32(44)12-11-25(43)21-42/h2-3,6-9,16-19,25,42-43H,4-5,10-15,20-21H2,1H3. The van der Waals surface area contributed by atoms with E-state index in [0.29, 0.717) is 82.4 Å². The summed E-state index contributed by atoms with van der Waals surface area (Å²) in [6, 6.07) is 14.4. The van der Waals surface area contributed by atoms with Crippen LogP contribution in [-0.4, -0.2) is 64.2 Å². The van der Waals surface area contributed by atoms with Gasteiger partial charge >= 0.3 is 0 Å². The van der Waals surface area contributed by atoms with E-state index in [-0.39, 0.29) is 31.1 Å². The van der Waals surface area contributed by atoms with Gasteiger partial charge in [0.05, 0.1) is 44.4 Å². The summed E-state index contributed by atoms with van der Waals surface area (Å²) in [5.41, 5.74) is 4.12. The van der Waals surface area contributed by atoms with Crippen LogP contribution in [0.3, 0.4) is 0 Å². The van der Waals surface area contributed by atoms with Crippen LogP contribution >= 0.6 is 34.8 Å². The number of nitrogens with zero attached hydrogens (tertiary/aromatic N) is 3. The second-order valence-corrected chi connectivity index (χ2v) is 12.6. The molecule has 0 radical (unpaired) electrons. The maximum atomic E-state index is 13.4. The zero-order valence-corrected chi connectivity index (χ0v) is 28.2. The van der Waals surface area contributed by atoms with Gasteiger partial charge in [0.2, 0.25) is 5.91 Å². The Bertz CT molecular complexity index is 1720. The first-order valence-electron chi connectivity index (χ1n) is 15.4. The van der Waals surface area contributed by atoms with Crippen molar-refractivity contribution in [3.8, 4) is 22.6 Å². The van der Waals surface area contributed by atoms with E-state index in [2.05, 4.69) is 5.10 Å². The quantitative estimate of drug-likeness (QED) is 0.112. The number of amides is 1. The number of para-hydroxylation sites is 1. The second kappa shape index (κ2) is 16.0. The molecule has 9 nitrogen and oxygen atoms in total. The van der Waals surface area contributed by atoms with Gasteiger partial charge in [-0.1, -0.05) is 53.0 Å². The minimum absolute atomic E-state index is 0.00759. The molecular weight excluding hydrogens is 665 g/mol. The highest BCUT2D eigenvalue weighted by Crippen LogP contribution is 2.40. The van der Waals surface area contributed by atoms with Crippen LogP contribution in [0.5, 0.6) is 11.5 Å². The Labute approximate surface area is 288 Å². The average molecular weight is 701 g/mol. The highest BCUT2D eigenvalue weighted by Gasteiger charge is 2.25. The van der Waals surface area contributed by atoms with E-state index >= 15 is 0 Å². The number of aliphatic hydroxyl groups excluding tert-OH is 2. The van der Waals surface area contributed by atoms with E-state index in [9.17, 15) is 14.7 Å². The van der Waals surface area contributed by atoms with Gasteiger partial charge in [-0.05, 0) is 56.5 Å². The summed E-state index contributed by atoms with van der Waals surface area (Å²) in [6.07, 6.45) is 4.37. The summed E-state index contributed by atoms with van der Waals surface area (Å²) in [5, 5.41) is 24.4. The van der Waals surface area contributed by atoms with Crippen LogP contribution in [-0.2, 0) is 11.3 Å². The van der Waals surface area contributed by atoms with E-state index < -0.39 is 12.7 Å². The normalized spacial score (nSPS) is 13.4. The molecule has 1 amide bonds. The Balaban J connectivity index is 1.27. The van der Waals surface area contributed by atoms with Crippen molar-refractivity contribution >= 4 is 52.2 Å². The lowest BCUT2D eigenvalue weighted by Gasteiger charge is -2.23. The Morgan fingerprint density at radius 3 is 2.60 bits per heavy atom. The third kappa shape index (κ3) is 8.47. The van der Waals surface area contributed by atoms with Gasteiger partial charge in [-0.3, -0.25) is 14.3 Å². The lowest BCUT2D eigenvalue weighted by atomic mass is 10.0. The van der Waals surface area contributed by atoms with Crippen LogP contribution in [0.1, 0.15) is 53.6 Å². The molecule has 3 aromatic carbocycles. The van der Waals surface area contributed by atoms with E-state index in [4.69, 9.17) is 49.4 Å². The highest BCUT2D eigenvalue weighted by atomic mass is 35.5. The third-order valence-electron chi connectivity index (χ3n) is 8.01. The lowest BCUT2D eigenvalue weighted by molar-refractivity contribution is -0.118. The van der Waals surface area contributed by atoms with Crippen LogP contribution in [0.25, 0.3) is 11.1 Å². The molecule has 12 heteroatoms. The van der Waals surface area contributed by atoms with Gasteiger partial charge in [0.25, 0.3) is 0 Å². The van der Waals surface area contributed by atoms with Crippen molar-refractivity contribution in [2.24, 2.45) is 0 Å². The predicted octanol–water partition coefficient (Wildman–Crippen LogP) is 7.16. The van der Waals surface area contributed by atoms with E-state index in [1.807, 2.05) is 49.5 Å². The minimum atomic E-state index is -0.956. The molecule has 0 spiro atoms. The SMILES string of the molecule is Cc1c(Cl)cccc1OCCCC(=O)N1CCCOc2c(-c3cnn(Cc4c(Cl)cc(C(=O)CCC(O)CO)cc4Cl)c3)cccc21. The number of carbonyl (C=O) groups is 2. The topological polar surface area (TPSA) is 114 Å².